The SMILES string of the molecule is COc1ccc(CC[C@@H](C)NC(=O)N[C@@H](C)CN2CCCC2=O)cc1. The van der Waals surface area contributed by atoms with Crippen molar-refractivity contribution in [3.63, 3.8) is 0 Å². The van der Waals surface area contributed by atoms with E-state index in [0.29, 0.717) is 13.0 Å². The highest BCUT2D eigenvalue weighted by atomic mass is 16.5. The maximum absolute atomic E-state index is 12.1. The zero-order chi connectivity index (χ0) is 18.2. The van der Waals surface area contributed by atoms with E-state index in [9.17, 15) is 9.59 Å². The number of nitrogens with zero attached hydrogens (tertiary/aromatic N) is 1. The van der Waals surface area contributed by atoms with Crippen LogP contribution in [-0.4, -0.2) is 49.1 Å². The zero-order valence-corrected chi connectivity index (χ0v) is 15.4. The highest BCUT2D eigenvalue weighted by Gasteiger charge is 2.22. The van der Waals surface area contributed by atoms with E-state index in [0.717, 1.165) is 31.6 Å². The van der Waals surface area contributed by atoms with Crippen molar-refractivity contribution in [1.82, 2.24) is 15.5 Å². The third-order valence-corrected chi connectivity index (χ3v) is 4.45. The van der Waals surface area contributed by atoms with Crippen LogP contribution in [-0.2, 0) is 11.2 Å². The minimum atomic E-state index is -0.179. The van der Waals surface area contributed by atoms with Gasteiger partial charge in [-0.2, -0.15) is 0 Å². The fourth-order valence-electron chi connectivity index (χ4n) is 3.01. The maximum atomic E-state index is 12.1. The van der Waals surface area contributed by atoms with Crippen molar-refractivity contribution < 1.29 is 14.3 Å². The Morgan fingerprint density at radius 3 is 2.48 bits per heavy atom. The Kier molecular flexibility index (Phi) is 7.10. The molecule has 1 aromatic carbocycles. The summed E-state index contributed by atoms with van der Waals surface area (Å²) in [5, 5.41) is 5.87. The number of carbonyl (C=O) groups excluding carboxylic acids is 2. The summed E-state index contributed by atoms with van der Waals surface area (Å²) in [6.07, 6.45) is 3.30. The number of benzene rings is 1. The molecule has 1 fully saturated rings. The number of carbonyl (C=O) groups is 2. The van der Waals surface area contributed by atoms with Crippen molar-refractivity contribution in [3.8, 4) is 5.75 Å². The summed E-state index contributed by atoms with van der Waals surface area (Å²) in [5.74, 6) is 1.03. The number of hydrogen-bond acceptors (Lipinski definition) is 3. The first-order valence-electron chi connectivity index (χ1n) is 8.95. The lowest BCUT2D eigenvalue weighted by atomic mass is 10.1. The largest absolute Gasteiger partial charge is 0.497 e. The average Bonchev–Trinajstić information content (AvgIpc) is 2.98. The summed E-state index contributed by atoms with van der Waals surface area (Å²) >= 11 is 0. The molecule has 0 bridgehead atoms. The predicted octanol–water partition coefficient (Wildman–Crippen LogP) is 2.33. The van der Waals surface area contributed by atoms with Crippen LogP contribution in [0.1, 0.15) is 38.7 Å². The first-order valence-corrected chi connectivity index (χ1v) is 8.95. The molecule has 0 unspecified atom stereocenters. The van der Waals surface area contributed by atoms with Crippen molar-refractivity contribution in [3.05, 3.63) is 29.8 Å². The third-order valence-electron chi connectivity index (χ3n) is 4.45. The second kappa shape index (κ2) is 9.30. The van der Waals surface area contributed by atoms with Crippen molar-refractivity contribution in [2.75, 3.05) is 20.2 Å². The molecule has 2 atom stereocenters. The van der Waals surface area contributed by atoms with Gasteiger partial charge in [0.2, 0.25) is 5.91 Å². The fourth-order valence-corrected chi connectivity index (χ4v) is 3.01. The number of amides is 3. The Balaban J connectivity index is 1.67. The Bertz CT molecular complexity index is 574. The summed E-state index contributed by atoms with van der Waals surface area (Å²) in [4.78, 5) is 25.5. The fraction of sp³-hybridized carbons (Fsp3) is 0.579. The molecule has 0 aliphatic carbocycles. The van der Waals surface area contributed by atoms with E-state index in [-0.39, 0.29) is 24.0 Å². The van der Waals surface area contributed by atoms with Crippen molar-refractivity contribution in [2.45, 2.75) is 51.6 Å². The van der Waals surface area contributed by atoms with Gasteiger partial charge in [-0.05, 0) is 50.8 Å². The van der Waals surface area contributed by atoms with Gasteiger partial charge in [0.1, 0.15) is 5.75 Å². The lowest BCUT2D eigenvalue weighted by Gasteiger charge is -2.23. The summed E-state index contributed by atoms with van der Waals surface area (Å²) in [6.45, 7) is 5.29. The first kappa shape index (κ1) is 19.1. The highest BCUT2D eigenvalue weighted by molar-refractivity contribution is 5.78. The molecule has 1 aliphatic heterocycles. The van der Waals surface area contributed by atoms with Crippen LogP contribution in [0.15, 0.2) is 24.3 Å². The molecule has 0 radical (unpaired) electrons. The predicted molar refractivity (Wildman–Crippen MR) is 97.7 cm³/mol. The van der Waals surface area contributed by atoms with Gasteiger partial charge in [0.05, 0.1) is 7.11 Å². The molecule has 0 saturated carbocycles. The molecule has 2 N–H and O–H groups in total. The van der Waals surface area contributed by atoms with E-state index in [1.54, 1.807) is 7.11 Å². The number of rotatable bonds is 8. The van der Waals surface area contributed by atoms with Gasteiger partial charge in [-0.25, -0.2) is 4.79 Å². The van der Waals surface area contributed by atoms with Crippen molar-refractivity contribution >= 4 is 11.9 Å². The van der Waals surface area contributed by atoms with Crippen LogP contribution in [0.2, 0.25) is 0 Å². The molecule has 1 aliphatic rings. The monoisotopic (exact) mass is 347 g/mol. The molecule has 6 heteroatoms. The minimum absolute atomic E-state index is 0.0594. The lowest BCUT2D eigenvalue weighted by Crippen LogP contribution is -2.48. The summed E-state index contributed by atoms with van der Waals surface area (Å²) in [7, 11) is 1.65. The minimum Gasteiger partial charge on any atom is -0.497 e. The number of urea groups is 1. The van der Waals surface area contributed by atoms with E-state index in [4.69, 9.17) is 4.74 Å². The summed E-state index contributed by atoms with van der Waals surface area (Å²) in [6, 6.07) is 7.81. The van der Waals surface area contributed by atoms with E-state index in [1.165, 1.54) is 5.56 Å². The quantitative estimate of drug-likeness (QED) is 0.758. The number of methoxy groups -OCH3 is 1. The van der Waals surface area contributed by atoms with Gasteiger partial charge in [0.25, 0.3) is 0 Å². The van der Waals surface area contributed by atoms with Gasteiger partial charge >= 0.3 is 6.03 Å². The molecule has 138 valence electrons. The normalized spacial score (nSPS) is 16.4. The van der Waals surface area contributed by atoms with Gasteiger partial charge in [0, 0.05) is 31.6 Å². The van der Waals surface area contributed by atoms with Crippen LogP contribution in [0, 0.1) is 0 Å². The van der Waals surface area contributed by atoms with Crippen LogP contribution >= 0.6 is 0 Å². The van der Waals surface area contributed by atoms with Gasteiger partial charge in [-0.3, -0.25) is 4.79 Å². The van der Waals surface area contributed by atoms with E-state index >= 15 is 0 Å². The lowest BCUT2D eigenvalue weighted by molar-refractivity contribution is -0.127. The van der Waals surface area contributed by atoms with Crippen LogP contribution in [0.5, 0.6) is 5.75 Å². The Hall–Kier alpha value is -2.24. The Labute approximate surface area is 149 Å². The van der Waals surface area contributed by atoms with Crippen LogP contribution < -0.4 is 15.4 Å². The molecular weight excluding hydrogens is 318 g/mol. The highest BCUT2D eigenvalue weighted by Crippen LogP contribution is 2.13. The Morgan fingerprint density at radius 1 is 1.20 bits per heavy atom. The second-order valence-corrected chi connectivity index (χ2v) is 6.75. The molecule has 0 aromatic heterocycles. The molecule has 1 heterocycles. The van der Waals surface area contributed by atoms with Crippen LogP contribution in [0.4, 0.5) is 4.79 Å². The molecule has 25 heavy (non-hydrogen) atoms. The third kappa shape index (κ3) is 6.29. The number of likely N-dealkylation sites (tertiary alicyclic amines) is 1. The zero-order valence-electron chi connectivity index (χ0n) is 15.4. The summed E-state index contributed by atoms with van der Waals surface area (Å²) < 4.78 is 5.15. The second-order valence-electron chi connectivity index (χ2n) is 6.75. The summed E-state index contributed by atoms with van der Waals surface area (Å²) in [5.41, 5.74) is 1.22. The van der Waals surface area contributed by atoms with E-state index in [1.807, 2.05) is 43.0 Å². The van der Waals surface area contributed by atoms with Crippen molar-refractivity contribution in [1.29, 1.82) is 0 Å². The van der Waals surface area contributed by atoms with Gasteiger partial charge in [-0.1, -0.05) is 12.1 Å². The topological polar surface area (TPSA) is 70.7 Å². The molecule has 1 aromatic rings. The number of hydrogen-bond donors (Lipinski definition) is 2. The number of ether oxygens (including phenoxy) is 1. The standard InChI is InChI=1S/C19H29N3O3/c1-14(6-7-16-8-10-17(25-3)11-9-16)20-19(24)21-15(2)13-22-12-4-5-18(22)23/h8-11,14-15H,4-7,12-13H2,1-3H3,(H2,20,21,24)/t14-,15+/m1/s1. The molecule has 2 rings (SSSR count). The maximum Gasteiger partial charge on any atom is 0.315 e. The molecule has 3 amide bonds. The molecular formula is C19H29N3O3. The molecule has 6 nitrogen and oxygen atoms in total. The first-order chi connectivity index (χ1) is 12.0. The van der Waals surface area contributed by atoms with Crippen LogP contribution in [0.3, 0.4) is 0 Å². The molecule has 0 spiro atoms. The molecule has 1 saturated heterocycles. The van der Waals surface area contributed by atoms with E-state index < -0.39 is 0 Å². The number of nitrogens with one attached hydrogen (secondary N) is 2. The smallest absolute Gasteiger partial charge is 0.315 e. The van der Waals surface area contributed by atoms with Gasteiger partial charge < -0.3 is 20.3 Å². The van der Waals surface area contributed by atoms with E-state index in [2.05, 4.69) is 10.6 Å². The van der Waals surface area contributed by atoms with Crippen molar-refractivity contribution in [2.24, 2.45) is 0 Å². The van der Waals surface area contributed by atoms with Crippen LogP contribution in [0.25, 0.3) is 0 Å². The number of aryl methyl sites for hydroxylation is 1. The Morgan fingerprint density at radius 2 is 1.88 bits per heavy atom. The van der Waals surface area contributed by atoms with Gasteiger partial charge in [-0.15, -0.1) is 0 Å². The average molecular weight is 347 g/mol. The van der Waals surface area contributed by atoms with Gasteiger partial charge in [0.15, 0.2) is 0 Å².